The molecule has 3 nitrogen and oxygen atoms in total. The Morgan fingerprint density at radius 1 is 1.53 bits per heavy atom. The van der Waals surface area contributed by atoms with Crippen molar-refractivity contribution in [2.24, 2.45) is 13.0 Å². The van der Waals surface area contributed by atoms with Crippen LogP contribution in [0.5, 0.6) is 0 Å². The summed E-state index contributed by atoms with van der Waals surface area (Å²) in [5.41, 5.74) is 1.41. The van der Waals surface area contributed by atoms with Gasteiger partial charge in [-0.05, 0) is 36.8 Å². The summed E-state index contributed by atoms with van der Waals surface area (Å²) < 4.78 is 1.91. The lowest BCUT2D eigenvalue weighted by atomic mass is 9.91. The van der Waals surface area contributed by atoms with Gasteiger partial charge in [-0.15, -0.1) is 0 Å². The number of rotatable bonds is 3. The van der Waals surface area contributed by atoms with Gasteiger partial charge in [-0.2, -0.15) is 5.10 Å². The lowest BCUT2D eigenvalue weighted by Crippen LogP contribution is -2.31. The molecule has 2 rings (SSSR count). The molecule has 0 saturated heterocycles. The Labute approximate surface area is 91.9 Å². The van der Waals surface area contributed by atoms with Crippen LogP contribution in [0.4, 0.5) is 0 Å². The van der Waals surface area contributed by atoms with Crippen LogP contribution < -0.4 is 5.32 Å². The molecule has 1 aliphatic carbocycles. The molecule has 1 N–H and O–H groups in total. The zero-order chi connectivity index (χ0) is 10.8. The van der Waals surface area contributed by atoms with Gasteiger partial charge in [0.15, 0.2) is 0 Å². The summed E-state index contributed by atoms with van der Waals surface area (Å²) in [6.45, 7) is 5.62. The molecule has 0 radical (unpaired) electrons. The Morgan fingerprint density at radius 2 is 2.33 bits per heavy atom. The van der Waals surface area contributed by atoms with E-state index in [-0.39, 0.29) is 0 Å². The molecule has 84 valence electrons. The van der Waals surface area contributed by atoms with Crippen molar-refractivity contribution in [3.05, 3.63) is 18.0 Å². The maximum Gasteiger partial charge on any atom is 0.0524 e. The average Bonchev–Trinajstić information content (AvgIpc) is 2.76. The summed E-state index contributed by atoms with van der Waals surface area (Å²) in [5, 5.41) is 7.84. The van der Waals surface area contributed by atoms with Gasteiger partial charge in [-0.1, -0.05) is 13.8 Å². The van der Waals surface area contributed by atoms with E-state index in [0.29, 0.717) is 12.0 Å². The fourth-order valence-electron chi connectivity index (χ4n) is 2.82. The van der Waals surface area contributed by atoms with Gasteiger partial charge in [0, 0.05) is 19.3 Å². The third kappa shape index (κ3) is 2.07. The highest BCUT2D eigenvalue weighted by Gasteiger charge is 2.33. The van der Waals surface area contributed by atoms with E-state index < -0.39 is 0 Å². The highest BCUT2D eigenvalue weighted by Crippen LogP contribution is 2.39. The Kier molecular flexibility index (Phi) is 3.10. The number of aryl methyl sites for hydroxylation is 1. The molecule has 1 heterocycles. The Bertz CT molecular complexity index is 318. The van der Waals surface area contributed by atoms with Crippen LogP contribution in [0.15, 0.2) is 12.4 Å². The van der Waals surface area contributed by atoms with Crippen LogP contribution in [0.2, 0.25) is 0 Å². The van der Waals surface area contributed by atoms with Crippen LogP contribution in [-0.2, 0) is 7.05 Å². The largest absolute Gasteiger partial charge is 0.314 e. The van der Waals surface area contributed by atoms with E-state index in [1.54, 1.807) is 0 Å². The second-order valence-electron chi connectivity index (χ2n) is 4.65. The van der Waals surface area contributed by atoms with Crippen LogP contribution in [0.3, 0.4) is 0 Å². The maximum atomic E-state index is 4.26. The van der Waals surface area contributed by atoms with Crippen LogP contribution >= 0.6 is 0 Å². The van der Waals surface area contributed by atoms with Crippen molar-refractivity contribution in [2.45, 2.75) is 38.6 Å². The van der Waals surface area contributed by atoms with Gasteiger partial charge in [0.25, 0.3) is 0 Å². The standard InChI is InChI=1S/C12H21N3/c1-4-13-12-6-5-11(9(12)2)10-7-14-15(3)8-10/h7-9,11-13H,4-6H2,1-3H3. The van der Waals surface area contributed by atoms with Crippen molar-refractivity contribution >= 4 is 0 Å². The van der Waals surface area contributed by atoms with Crippen molar-refractivity contribution < 1.29 is 0 Å². The molecule has 1 saturated carbocycles. The second kappa shape index (κ2) is 4.35. The van der Waals surface area contributed by atoms with E-state index in [2.05, 4.69) is 30.5 Å². The van der Waals surface area contributed by atoms with Crippen molar-refractivity contribution in [3.8, 4) is 0 Å². The quantitative estimate of drug-likeness (QED) is 0.820. The van der Waals surface area contributed by atoms with Gasteiger partial charge in [0.05, 0.1) is 6.20 Å². The molecule has 1 aliphatic rings. The molecular weight excluding hydrogens is 186 g/mol. The number of nitrogens with zero attached hydrogens (tertiary/aromatic N) is 2. The number of hydrogen-bond donors (Lipinski definition) is 1. The van der Waals surface area contributed by atoms with Crippen LogP contribution in [-0.4, -0.2) is 22.4 Å². The molecule has 0 aromatic carbocycles. The summed E-state index contributed by atoms with van der Waals surface area (Å²) in [5.74, 6) is 1.43. The smallest absolute Gasteiger partial charge is 0.0524 e. The maximum absolute atomic E-state index is 4.26. The normalized spacial score (nSPS) is 31.0. The fourth-order valence-corrected chi connectivity index (χ4v) is 2.82. The van der Waals surface area contributed by atoms with Gasteiger partial charge >= 0.3 is 0 Å². The predicted octanol–water partition coefficient (Wildman–Crippen LogP) is 1.91. The van der Waals surface area contributed by atoms with E-state index in [4.69, 9.17) is 0 Å². The molecule has 0 aliphatic heterocycles. The predicted molar refractivity (Wildman–Crippen MR) is 61.8 cm³/mol. The lowest BCUT2D eigenvalue weighted by Gasteiger charge is -2.20. The highest BCUT2D eigenvalue weighted by molar-refractivity contribution is 5.15. The second-order valence-corrected chi connectivity index (χ2v) is 4.65. The Hall–Kier alpha value is -0.830. The van der Waals surface area contributed by atoms with Crippen LogP contribution in [0.1, 0.15) is 38.2 Å². The van der Waals surface area contributed by atoms with Gasteiger partial charge in [-0.3, -0.25) is 4.68 Å². The first-order valence-electron chi connectivity index (χ1n) is 5.94. The Morgan fingerprint density at radius 3 is 2.93 bits per heavy atom. The SMILES string of the molecule is CCNC1CCC(c2cnn(C)c2)C1C. The molecule has 0 bridgehead atoms. The summed E-state index contributed by atoms with van der Waals surface area (Å²) >= 11 is 0. The summed E-state index contributed by atoms with van der Waals surface area (Å²) in [7, 11) is 1.99. The van der Waals surface area contributed by atoms with Gasteiger partial charge in [-0.25, -0.2) is 0 Å². The van der Waals surface area contributed by atoms with Gasteiger partial charge < -0.3 is 5.32 Å². The van der Waals surface area contributed by atoms with E-state index >= 15 is 0 Å². The van der Waals surface area contributed by atoms with E-state index in [9.17, 15) is 0 Å². The molecule has 0 spiro atoms. The zero-order valence-electron chi connectivity index (χ0n) is 9.90. The minimum absolute atomic E-state index is 0.695. The van der Waals surface area contributed by atoms with E-state index in [1.165, 1.54) is 18.4 Å². The van der Waals surface area contributed by atoms with Crippen LogP contribution in [0, 0.1) is 5.92 Å². The van der Waals surface area contributed by atoms with Crippen molar-refractivity contribution in [1.29, 1.82) is 0 Å². The van der Waals surface area contributed by atoms with Crippen molar-refractivity contribution in [2.75, 3.05) is 6.54 Å². The molecule has 15 heavy (non-hydrogen) atoms. The number of hydrogen-bond acceptors (Lipinski definition) is 2. The topological polar surface area (TPSA) is 29.9 Å². The molecule has 0 amide bonds. The summed E-state index contributed by atoms with van der Waals surface area (Å²) in [6.07, 6.45) is 6.78. The molecule has 1 fully saturated rings. The third-order valence-electron chi connectivity index (χ3n) is 3.68. The van der Waals surface area contributed by atoms with E-state index in [1.807, 2.05) is 17.9 Å². The lowest BCUT2D eigenvalue weighted by molar-refractivity contribution is 0.412. The molecule has 3 heteroatoms. The monoisotopic (exact) mass is 207 g/mol. The average molecular weight is 207 g/mol. The molecule has 3 unspecified atom stereocenters. The first-order chi connectivity index (χ1) is 7.22. The van der Waals surface area contributed by atoms with Gasteiger partial charge in [0.1, 0.15) is 0 Å². The van der Waals surface area contributed by atoms with Crippen LogP contribution in [0.25, 0.3) is 0 Å². The van der Waals surface area contributed by atoms with Crippen molar-refractivity contribution in [1.82, 2.24) is 15.1 Å². The molecule has 1 aromatic heterocycles. The molecular formula is C12H21N3. The van der Waals surface area contributed by atoms with Gasteiger partial charge in [0.2, 0.25) is 0 Å². The highest BCUT2D eigenvalue weighted by atomic mass is 15.2. The Balaban J connectivity index is 2.06. The third-order valence-corrected chi connectivity index (χ3v) is 3.68. The summed E-state index contributed by atoms with van der Waals surface area (Å²) in [4.78, 5) is 0. The number of nitrogens with one attached hydrogen (secondary N) is 1. The first kappa shape index (κ1) is 10.7. The summed E-state index contributed by atoms with van der Waals surface area (Å²) in [6, 6.07) is 0.695. The first-order valence-corrected chi connectivity index (χ1v) is 5.94. The minimum Gasteiger partial charge on any atom is -0.314 e. The molecule has 3 atom stereocenters. The zero-order valence-corrected chi connectivity index (χ0v) is 9.90. The van der Waals surface area contributed by atoms with Crippen molar-refractivity contribution in [3.63, 3.8) is 0 Å². The minimum atomic E-state index is 0.695. The fraction of sp³-hybridized carbons (Fsp3) is 0.750. The molecule has 1 aromatic rings. The van der Waals surface area contributed by atoms with E-state index in [0.717, 1.165) is 12.5 Å². The number of aromatic nitrogens is 2.